The lowest BCUT2D eigenvalue weighted by Gasteiger charge is -2.06. The van der Waals surface area contributed by atoms with E-state index >= 15 is 0 Å². The monoisotopic (exact) mass is 271 g/mol. The highest BCUT2D eigenvalue weighted by Gasteiger charge is 2.03. The van der Waals surface area contributed by atoms with Crippen LogP contribution in [0.1, 0.15) is 25.3 Å². The van der Waals surface area contributed by atoms with Crippen LogP contribution in [0.2, 0.25) is 5.02 Å². The summed E-state index contributed by atoms with van der Waals surface area (Å²) in [7, 11) is 0. The van der Waals surface area contributed by atoms with Crippen LogP contribution >= 0.6 is 23.4 Å². The summed E-state index contributed by atoms with van der Waals surface area (Å²) in [6, 6.07) is 5.56. The van der Waals surface area contributed by atoms with Gasteiger partial charge in [-0.2, -0.15) is 11.8 Å². The maximum atomic E-state index is 11.6. The molecule has 1 rings (SSSR count). The minimum absolute atomic E-state index is 0.0334. The van der Waals surface area contributed by atoms with Crippen LogP contribution in [0.25, 0.3) is 0 Å². The molecule has 0 atom stereocenters. The summed E-state index contributed by atoms with van der Waals surface area (Å²) in [5.74, 6) is 1.58. The molecule has 1 N–H and O–H groups in total. The molecule has 0 unspecified atom stereocenters. The lowest BCUT2D eigenvalue weighted by Crippen LogP contribution is -2.14. The summed E-state index contributed by atoms with van der Waals surface area (Å²) in [6.07, 6.45) is 2.33. The van der Waals surface area contributed by atoms with Crippen LogP contribution in [0.4, 0.5) is 5.69 Å². The third-order valence-electron chi connectivity index (χ3n) is 2.33. The Bertz CT molecular complexity index is 382. The second-order valence-corrected chi connectivity index (χ2v) is 5.43. The van der Waals surface area contributed by atoms with E-state index in [1.54, 1.807) is 17.8 Å². The first-order valence-corrected chi connectivity index (χ1v) is 7.30. The molecule has 0 bridgehead atoms. The molecule has 0 aromatic heterocycles. The molecule has 0 fully saturated rings. The molecule has 0 aliphatic carbocycles. The number of unbranched alkanes of at least 4 members (excludes halogenated alkanes) is 1. The number of carbonyl (C=O) groups is 1. The van der Waals surface area contributed by atoms with E-state index < -0.39 is 0 Å². The predicted octanol–water partition coefficient (Wildman–Crippen LogP) is 4.12. The number of anilines is 1. The number of thioether (sulfide) groups is 1. The number of benzene rings is 1. The summed E-state index contributed by atoms with van der Waals surface area (Å²) in [6.45, 7) is 4.09. The van der Waals surface area contributed by atoms with Crippen molar-refractivity contribution in [3.63, 3.8) is 0 Å². The number of hydrogen-bond acceptors (Lipinski definition) is 2. The average molecular weight is 272 g/mol. The average Bonchev–Trinajstić information content (AvgIpc) is 2.30. The van der Waals surface area contributed by atoms with Crippen molar-refractivity contribution in [2.75, 3.05) is 16.8 Å². The number of halogens is 1. The van der Waals surface area contributed by atoms with Gasteiger partial charge in [-0.3, -0.25) is 4.79 Å². The zero-order chi connectivity index (χ0) is 12.7. The maximum absolute atomic E-state index is 11.6. The van der Waals surface area contributed by atoms with Gasteiger partial charge in [-0.25, -0.2) is 0 Å². The first-order chi connectivity index (χ1) is 8.13. The largest absolute Gasteiger partial charge is 0.325 e. The van der Waals surface area contributed by atoms with E-state index in [9.17, 15) is 4.79 Å². The van der Waals surface area contributed by atoms with Crippen LogP contribution < -0.4 is 5.32 Å². The molecule has 0 heterocycles. The standard InChI is InChI=1S/C13H18ClNOS/c1-3-4-7-17-9-13(16)15-11-6-5-10(2)12(14)8-11/h5-6,8H,3-4,7,9H2,1-2H3,(H,15,16). The minimum atomic E-state index is 0.0334. The highest BCUT2D eigenvalue weighted by Crippen LogP contribution is 2.20. The lowest BCUT2D eigenvalue weighted by atomic mass is 10.2. The van der Waals surface area contributed by atoms with Gasteiger partial charge in [0.15, 0.2) is 0 Å². The molecule has 0 radical (unpaired) electrons. The fourth-order valence-corrected chi connectivity index (χ4v) is 2.35. The Morgan fingerprint density at radius 1 is 1.47 bits per heavy atom. The van der Waals surface area contributed by atoms with Crippen molar-refractivity contribution < 1.29 is 4.79 Å². The molecule has 1 aromatic rings. The Balaban J connectivity index is 2.37. The van der Waals surface area contributed by atoms with Gasteiger partial charge in [-0.05, 0) is 36.8 Å². The molecule has 2 nitrogen and oxygen atoms in total. The number of aryl methyl sites for hydroxylation is 1. The van der Waals surface area contributed by atoms with Crippen molar-refractivity contribution in [3.8, 4) is 0 Å². The van der Waals surface area contributed by atoms with Crippen molar-refractivity contribution >= 4 is 35.0 Å². The summed E-state index contributed by atoms with van der Waals surface area (Å²) in [5.41, 5.74) is 1.78. The molecule has 1 aromatic carbocycles. The minimum Gasteiger partial charge on any atom is -0.325 e. The van der Waals surface area contributed by atoms with E-state index in [2.05, 4.69) is 12.2 Å². The number of nitrogens with one attached hydrogen (secondary N) is 1. The van der Waals surface area contributed by atoms with Crippen LogP contribution in [0.3, 0.4) is 0 Å². The van der Waals surface area contributed by atoms with Gasteiger partial charge in [-0.1, -0.05) is 31.0 Å². The van der Waals surface area contributed by atoms with Crippen LogP contribution in [0, 0.1) is 6.92 Å². The Morgan fingerprint density at radius 3 is 2.88 bits per heavy atom. The lowest BCUT2D eigenvalue weighted by molar-refractivity contribution is -0.113. The molecule has 0 aliphatic heterocycles. The third kappa shape index (κ3) is 5.46. The number of rotatable bonds is 6. The van der Waals surface area contributed by atoms with Gasteiger partial charge in [-0.15, -0.1) is 0 Å². The van der Waals surface area contributed by atoms with Gasteiger partial charge in [0, 0.05) is 10.7 Å². The summed E-state index contributed by atoms with van der Waals surface area (Å²) in [5, 5.41) is 3.52. The Hall–Kier alpha value is -0.670. The molecular formula is C13H18ClNOS. The fraction of sp³-hybridized carbons (Fsp3) is 0.462. The summed E-state index contributed by atoms with van der Waals surface area (Å²) < 4.78 is 0. The topological polar surface area (TPSA) is 29.1 Å². The molecule has 0 saturated heterocycles. The van der Waals surface area contributed by atoms with Gasteiger partial charge in [0.25, 0.3) is 0 Å². The van der Waals surface area contributed by atoms with Gasteiger partial charge in [0.05, 0.1) is 5.75 Å². The highest BCUT2D eigenvalue weighted by molar-refractivity contribution is 7.99. The normalized spacial score (nSPS) is 10.3. The van der Waals surface area contributed by atoms with Crippen LogP contribution in [0.5, 0.6) is 0 Å². The van der Waals surface area contributed by atoms with Crippen LogP contribution in [-0.4, -0.2) is 17.4 Å². The second kappa shape index (κ2) is 7.62. The van der Waals surface area contributed by atoms with Crippen LogP contribution in [0.15, 0.2) is 18.2 Å². The third-order valence-corrected chi connectivity index (χ3v) is 3.78. The fourth-order valence-electron chi connectivity index (χ4n) is 1.28. The first kappa shape index (κ1) is 14.4. The molecule has 1 amide bonds. The summed E-state index contributed by atoms with van der Waals surface area (Å²) >= 11 is 7.65. The smallest absolute Gasteiger partial charge is 0.234 e. The molecule has 4 heteroatoms. The van der Waals surface area contributed by atoms with Gasteiger partial charge < -0.3 is 5.32 Å². The van der Waals surface area contributed by atoms with Crippen molar-refractivity contribution in [3.05, 3.63) is 28.8 Å². The second-order valence-electron chi connectivity index (χ2n) is 3.92. The van der Waals surface area contributed by atoms with E-state index in [-0.39, 0.29) is 5.91 Å². The molecular weight excluding hydrogens is 254 g/mol. The molecule has 0 aliphatic rings. The zero-order valence-electron chi connectivity index (χ0n) is 10.3. The number of hydrogen-bond donors (Lipinski definition) is 1. The summed E-state index contributed by atoms with van der Waals surface area (Å²) in [4.78, 5) is 11.6. The maximum Gasteiger partial charge on any atom is 0.234 e. The van der Waals surface area contributed by atoms with E-state index in [4.69, 9.17) is 11.6 Å². The molecule has 0 spiro atoms. The Labute approximate surface area is 112 Å². The van der Waals surface area contributed by atoms with Crippen LogP contribution in [-0.2, 0) is 4.79 Å². The SMILES string of the molecule is CCCCSCC(=O)Nc1ccc(C)c(Cl)c1. The van der Waals surface area contributed by atoms with Crippen molar-refractivity contribution in [2.45, 2.75) is 26.7 Å². The Kier molecular flexibility index (Phi) is 6.45. The van der Waals surface area contributed by atoms with Gasteiger partial charge >= 0.3 is 0 Å². The Morgan fingerprint density at radius 2 is 2.24 bits per heavy atom. The first-order valence-electron chi connectivity index (χ1n) is 5.77. The van der Waals surface area contributed by atoms with E-state index in [0.29, 0.717) is 10.8 Å². The van der Waals surface area contributed by atoms with Crippen molar-refractivity contribution in [2.24, 2.45) is 0 Å². The number of amides is 1. The van der Waals surface area contributed by atoms with E-state index in [0.717, 1.165) is 23.4 Å². The highest BCUT2D eigenvalue weighted by atomic mass is 35.5. The van der Waals surface area contributed by atoms with Crippen molar-refractivity contribution in [1.82, 2.24) is 0 Å². The molecule has 94 valence electrons. The van der Waals surface area contributed by atoms with Gasteiger partial charge in [0.1, 0.15) is 0 Å². The molecule has 0 saturated carbocycles. The number of carbonyl (C=O) groups excluding carboxylic acids is 1. The van der Waals surface area contributed by atoms with Crippen molar-refractivity contribution in [1.29, 1.82) is 0 Å². The predicted molar refractivity (Wildman–Crippen MR) is 77.1 cm³/mol. The van der Waals surface area contributed by atoms with Gasteiger partial charge in [0.2, 0.25) is 5.91 Å². The van der Waals surface area contributed by atoms with E-state index in [1.165, 1.54) is 6.42 Å². The molecule has 17 heavy (non-hydrogen) atoms. The quantitative estimate of drug-likeness (QED) is 0.789. The van der Waals surface area contributed by atoms with E-state index in [1.807, 2.05) is 19.1 Å². The zero-order valence-corrected chi connectivity index (χ0v) is 11.8.